The maximum absolute atomic E-state index is 13.8. The average molecular weight is 519 g/mol. The molecular formula is C24H34N6O5S. The van der Waals surface area contributed by atoms with Crippen LogP contribution < -0.4 is 15.4 Å². The molecule has 1 aliphatic rings. The summed E-state index contributed by atoms with van der Waals surface area (Å²) in [6.07, 6.45) is 2.19. The number of nitrogens with two attached hydrogens (primary N) is 1. The van der Waals surface area contributed by atoms with Gasteiger partial charge in [0.15, 0.2) is 11.3 Å². The van der Waals surface area contributed by atoms with Crippen molar-refractivity contribution in [1.29, 1.82) is 0 Å². The van der Waals surface area contributed by atoms with Crippen LogP contribution in [0.1, 0.15) is 38.2 Å². The first-order valence-electron chi connectivity index (χ1n) is 12.3. The van der Waals surface area contributed by atoms with Crippen LogP contribution >= 0.6 is 0 Å². The van der Waals surface area contributed by atoms with Crippen LogP contribution in [0.4, 0.5) is 0 Å². The Morgan fingerprint density at radius 1 is 1.17 bits per heavy atom. The van der Waals surface area contributed by atoms with Crippen molar-refractivity contribution in [3.63, 3.8) is 0 Å². The van der Waals surface area contributed by atoms with Crippen molar-refractivity contribution in [2.75, 3.05) is 39.5 Å². The zero-order valence-corrected chi connectivity index (χ0v) is 21.9. The number of fused-ring (bicyclic) bond motifs is 1. The van der Waals surface area contributed by atoms with Crippen LogP contribution in [0.15, 0.2) is 27.9 Å². The van der Waals surface area contributed by atoms with Gasteiger partial charge in [-0.1, -0.05) is 6.92 Å². The van der Waals surface area contributed by atoms with E-state index in [2.05, 4.69) is 9.88 Å². The van der Waals surface area contributed by atoms with E-state index in [0.717, 1.165) is 26.1 Å². The number of rotatable bonds is 10. The van der Waals surface area contributed by atoms with Gasteiger partial charge in [0.2, 0.25) is 10.0 Å². The molecule has 0 radical (unpaired) electrons. The van der Waals surface area contributed by atoms with Crippen molar-refractivity contribution in [2.24, 2.45) is 5.14 Å². The number of imidazole rings is 1. The second-order valence-electron chi connectivity index (χ2n) is 8.85. The third-order valence-corrected chi connectivity index (χ3v) is 7.16. The number of nitrogens with zero attached hydrogens (tertiary/aromatic N) is 5. The molecule has 1 aliphatic heterocycles. The lowest BCUT2D eigenvalue weighted by atomic mass is 10.1. The zero-order chi connectivity index (χ0) is 25.9. The van der Waals surface area contributed by atoms with Crippen molar-refractivity contribution in [1.82, 2.24) is 24.1 Å². The summed E-state index contributed by atoms with van der Waals surface area (Å²) in [7, 11) is -3.98. The van der Waals surface area contributed by atoms with Gasteiger partial charge in [-0.2, -0.15) is 0 Å². The predicted octanol–water partition coefficient (Wildman–Crippen LogP) is 1.59. The molecule has 2 aromatic heterocycles. The molecule has 1 saturated heterocycles. The molecule has 0 aliphatic carbocycles. The maximum Gasteiger partial charge on any atom is 0.280 e. The normalized spacial score (nSPS) is 15.0. The zero-order valence-electron chi connectivity index (χ0n) is 21.1. The van der Waals surface area contributed by atoms with Gasteiger partial charge in [0.1, 0.15) is 11.6 Å². The summed E-state index contributed by atoms with van der Waals surface area (Å²) in [5.74, 6) is 1.43. The molecular weight excluding hydrogens is 484 g/mol. The lowest BCUT2D eigenvalue weighted by Crippen LogP contribution is -2.37. The summed E-state index contributed by atoms with van der Waals surface area (Å²) < 4.78 is 38.7. The molecule has 1 aromatic carbocycles. The Hall–Kier alpha value is -2.80. The average Bonchev–Trinajstić information content (AvgIpc) is 3.16. The molecule has 0 unspecified atom stereocenters. The van der Waals surface area contributed by atoms with E-state index < -0.39 is 10.0 Å². The fourth-order valence-electron chi connectivity index (χ4n) is 4.51. The standard InChI is InChI=1S/C24H34N6O5S/c1-4-7-21-26-17(3)22-24(31)29(11-6-10-28-12-14-34-15-13-28)23(27-30(21)22)19-16-18(36(25,32)33)8-9-20(19)35-5-2/h8-9,16H,4-7,10-15H2,1-3H3,(H2,25,32,33). The summed E-state index contributed by atoms with van der Waals surface area (Å²) in [4.78, 5) is 20.7. The Morgan fingerprint density at radius 3 is 2.58 bits per heavy atom. The van der Waals surface area contributed by atoms with Gasteiger partial charge in [0.05, 0.1) is 36.0 Å². The van der Waals surface area contributed by atoms with Crippen LogP contribution in [0.25, 0.3) is 16.9 Å². The van der Waals surface area contributed by atoms with Crippen molar-refractivity contribution >= 4 is 15.5 Å². The Balaban J connectivity index is 1.89. The Kier molecular flexibility index (Phi) is 8.08. The predicted molar refractivity (Wildman–Crippen MR) is 136 cm³/mol. The van der Waals surface area contributed by atoms with E-state index in [1.54, 1.807) is 15.1 Å². The first-order chi connectivity index (χ1) is 17.2. The molecule has 0 bridgehead atoms. The number of morpholine rings is 1. The highest BCUT2D eigenvalue weighted by molar-refractivity contribution is 7.89. The highest BCUT2D eigenvalue weighted by atomic mass is 32.2. The van der Waals surface area contributed by atoms with Crippen LogP contribution in [-0.4, -0.2) is 71.9 Å². The number of ether oxygens (including phenoxy) is 2. The van der Waals surface area contributed by atoms with Gasteiger partial charge in [-0.15, -0.1) is 5.10 Å². The van der Waals surface area contributed by atoms with Gasteiger partial charge in [-0.05, 0) is 44.9 Å². The number of benzene rings is 1. The van der Waals surface area contributed by atoms with Crippen molar-refractivity contribution in [3.05, 3.63) is 40.1 Å². The van der Waals surface area contributed by atoms with Crippen LogP contribution in [0.5, 0.6) is 5.75 Å². The highest BCUT2D eigenvalue weighted by Gasteiger charge is 2.23. The first kappa shape index (κ1) is 26.3. The quantitative estimate of drug-likeness (QED) is 0.428. The molecule has 0 amide bonds. The fourth-order valence-corrected chi connectivity index (χ4v) is 5.05. The highest BCUT2D eigenvalue weighted by Crippen LogP contribution is 2.31. The number of sulfonamides is 1. The van der Waals surface area contributed by atoms with Crippen LogP contribution in [0, 0.1) is 6.92 Å². The first-order valence-corrected chi connectivity index (χ1v) is 13.9. The lowest BCUT2D eigenvalue weighted by Gasteiger charge is -2.26. The Bertz CT molecular complexity index is 1390. The van der Waals surface area contributed by atoms with Gasteiger partial charge in [-0.25, -0.2) is 23.1 Å². The SMILES string of the molecule is CCCc1nc(C)c2c(=O)n(CCCN3CCOCC3)c(-c3cc(S(N)(=O)=O)ccc3OCC)nn12. The number of hydrogen-bond donors (Lipinski definition) is 1. The Labute approximate surface area is 210 Å². The minimum absolute atomic E-state index is 0.0780. The third kappa shape index (κ3) is 5.46. The molecule has 12 heteroatoms. The third-order valence-electron chi connectivity index (χ3n) is 6.25. The van der Waals surface area contributed by atoms with E-state index in [0.29, 0.717) is 73.4 Å². The van der Waals surface area contributed by atoms with E-state index in [9.17, 15) is 13.2 Å². The van der Waals surface area contributed by atoms with Crippen LogP contribution in [0.2, 0.25) is 0 Å². The van der Waals surface area contributed by atoms with E-state index >= 15 is 0 Å². The minimum Gasteiger partial charge on any atom is -0.493 e. The van der Waals surface area contributed by atoms with E-state index in [1.165, 1.54) is 12.1 Å². The van der Waals surface area contributed by atoms with E-state index in [1.807, 2.05) is 20.8 Å². The molecule has 2 N–H and O–H groups in total. The number of hydrogen-bond acceptors (Lipinski definition) is 8. The van der Waals surface area contributed by atoms with Gasteiger partial charge < -0.3 is 9.47 Å². The molecule has 3 heterocycles. The van der Waals surface area contributed by atoms with Crippen molar-refractivity contribution in [3.8, 4) is 17.1 Å². The summed E-state index contributed by atoms with van der Waals surface area (Å²) in [6.45, 7) is 10.3. The van der Waals surface area contributed by atoms with E-state index in [-0.39, 0.29) is 10.5 Å². The number of aromatic nitrogens is 4. The summed E-state index contributed by atoms with van der Waals surface area (Å²) in [5, 5.41) is 10.3. The van der Waals surface area contributed by atoms with Crippen molar-refractivity contribution < 1.29 is 17.9 Å². The molecule has 4 rings (SSSR count). The molecule has 0 spiro atoms. The number of aryl methyl sites for hydroxylation is 2. The molecule has 1 fully saturated rings. The molecule has 0 atom stereocenters. The lowest BCUT2D eigenvalue weighted by molar-refractivity contribution is 0.0369. The fraction of sp³-hybridized carbons (Fsp3) is 0.542. The largest absolute Gasteiger partial charge is 0.493 e. The topological polar surface area (TPSA) is 134 Å². The number of primary sulfonamides is 1. The van der Waals surface area contributed by atoms with Crippen molar-refractivity contribution in [2.45, 2.75) is 51.5 Å². The summed E-state index contributed by atoms with van der Waals surface area (Å²) in [6, 6.07) is 4.38. The minimum atomic E-state index is -3.98. The second kappa shape index (κ2) is 11.1. The van der Waals surface area contributed by atoms with Gasteiger partial charge in [0.25, 0.3) is 5.56 Å². The smallest absolute Gasteiger partial charge is 0.280 e. The van der Waals surface area contributed by atoms with E-state index in [4.69, 9.17) is 19.7 Å². The van der Waals surface area contributed by atoms with Crippen LogP contribution in [-0.2, 0) is 27.7 Å². The summed E-state index contributed by atoms with van der Waals surface area (Å²) in [5.41, 5.74) is 1.21. The van der Waals surface area contributed by atoms with Gasteiger partial charge in [-0.3, -0.25) is 14.3 Å². The molecule has 11 nitrogen and oxygen atoms in total. The molecule has 36 heavy (non-hydrogen) atoms. The van der Waals surface area contributed by atoms with Gasteiger partial charge in [0, 0.05) is 32.6 Å². The maximum atomic E-state index is 13.8. The van der Waals surface area contributed by atoms with Gasteiger partial charge >= 0.3 is 0 Å². The second-order valence-corrected chi connectivity index (χ2v) is 10.4. The monoisotopic (exact) mass is 518 g/mol. The molecule has 196 valence electrons. The molecule has 0 saturated carbocycles. The molecule has 3 aromatic rings. The summed E-state index contributed by atoms with van der Waals surface area (Å²) >= 11 is 0. The van der Waals surface area contributed by atoms with Crippen LogP contribution in [0.3, 0.4) is 0 Å². The Morgan fingerprint density at radius 2 is 1.92 bits per heavy atom.